The van der Waals surface area contributed by atoms with Crippen molar-refractivity contribution in [3.05, 3.63) is 64.6 Å². The summed E-state index contributed by atoms with van der Waals surface area (Å²) in [4.78, 5) is 29.3. The molecule has 22 heavy (non-hydrogen) atoms. The summed E-state index contributed by atoms with van der Waals surface area (Å²) in [5.41, 5.74) is 2.52. The first-order valence-electron chi connectivity index (χ1n) is 7.26. The van der Waals surface area contributed by atoms with Gasteiger partial charge in [-0.15, -0.1) is 0 Å². The lowest BCUT2D eigenvalue weighted by Gasteiger charge is -2.15. The molecular formula is C17H15N3O2. The highest BCUT2D eigenvalue weighted by Gasteiger charge is 2.51. The number of benzene rings is 2. The van der Waals surface area contributed by atoms with Gasteiger partial charge in [0, 0.05) is 5.69 Å². The van der Waals surface area contributed by atoms with Crippen LogP contribution in [-0.2, 0) is 10.2 Å². The van der Waals surface area contributed by atoms with Crippen molar-refractivity contribution in [1.82, 2.24) is 9.97 Å². The van der Waals surface area contributed by atoms with Crippen molar-refractivity contribution in [2.45, 2.75) is 18.3 Å². The van der Waals surface area contributed by atoms with Gasteiger partial charge in [0.25, 0.3) is 0 Å². The minimum absolute atomic E-state index is 0.0101. The Hall–Kier alpha value is -2.82. The lowest BCUT2D eigenvalue weighted by Crippen LogP contribution is -2.27. The molecule has 1 aliphatic rings. The second kappa shape index (κ2) is 4.59. The normalized spacial score (nSPS) is 15.6. The summed E-state index contributed by atoms with van der Waals surface area (Å²) in [5.74, 6) is 0.0101. The Kier molecular flexibility index (Phi) is 2.69. The maximum atomic E-state index is 12.6. The maximum Gasteiger partial charge on any atom is 0.323 e. The van der Waals surface area contributed by atoms with Crippen LogP contribution in [0.5, 0.6) is 0 Å². The molecule has 0 saturated heterocycles. The first-order valence-corrected chi connectivity index (χ1v) is 7.26. The number of hydrogen-bond donors (Lipinski definition) is 3. The van der Waals surface area contributed by atoms with Crippen LogP contribution >= 0.6 is 0 Å². The summed E-state index contributed by atoms with van der Waals surface area (Å²) in [7, 11) is 0. The first-order chi connectivity index (χ1) is 10.7. The van der Waals surface area contributed by atoms with Crippen molar-refractivity contribution in [1.29, 1.82) is 0 Å². The van der Waals surface area contributed by atoms with Crippen LogP contribution in [-0.4, -0.2) is 15.9 Å². The lowest BCUT2D eigenvalue weighted by molar-refractivity contribution is -0.118. The number of imidazole rings is 1. The van der Waals surface area contributed by atoms with Crippen molar-refractivity contribution in [3.8, 4) is 0 Å². The molecule has 0 radical (unpaired) electrons. The van der Waals surface area contributed by atoms with Gasteiger partial charge in [0.15, 0.2) is 0 Å². The van der Waals surface area contributed by atoms with E-state index in [1.807, 2.05) is 30.3 Å². The predicted molar refractivity (Wildman–Crippen MR) is 84.9 cm³/mol. The number of aromatic amines is 2. The van der Waals surface area contributed by atoms with Gasteiger partial charge < -0.3 is 15.3 Å². The molecule has 0 aliphatic heterocycles. The van der Waals surface area contributed by atoms with E-state index in [1.165, 1.54) is 0 Å². The standard InChI is InChI=1S/C17H15N3O2/c21-15(17(8-9-17)11-4-2-1-3-5-11)18-12-6-7-13-14(10-12)20-16(22)19-13/h1-7,10H,8-9H2,(H,18,21)(H2,19,20,22). The fourth-order valence-corrected chi connectivity index (χ4v) is 2.89. The minimum atomic E-state index is -0.401. The zero-order valence-corrected chi connectivity index (χ0v) is 11.8. The van der Waals surface area contributed by atoms with Crippen molar-refractivity contribution in [3.63, 3.8) is 0 Å². The van der Waals surface area contributed by atoms with Crippen LogP contribution in [0.4, 0.5) is 5.69 Å². The number of rotatable bonds is 3. The van der Waals surface area contributed by atoms with Crippen LogP contribution in [0.15, 0.2) is 53.3 Å². The summed E-state index contributed by atoms with van der Waals surface area (Å²) in [6.45, 7) is 0. The van der Waals surface area contributed by atoms with Crippen LogP contribution in [0.2, 0.25) is 0 Å². The molecule has 3 N–H and O–H groups in total. The quantitative estimate of drug-likeness (QED) is 0.694. The fourth-order valence-electron chi connectivity index (χ4n) is 2.89. The van der Waals surface area contributed by atoms with Gasteiger partial charge in [0.1, 0.15) is 0 Å². The molecule has 1 aromatic heterocycles. The molecule has 0 unspecified atom stereocenters. The summed E-state index contributed by atoms with van der Waals surface area (Å²) >= 11 is 0. The molecule has 2 aromatic carbocycles. The van der Waals surface area contributed by atoms with Gasteiger partial charge in [0.05, 0.1) is 16.4 Å². The van der Waals surface area contributed by atoms with Gasteiger partial charge in [-0.2, -0.15) is 0 Å². The van der Waals surface area contributed by atoms with Gasteiger partial charge in [-0.25, -0.2) is 4.79 Å². The van der Waals surface area contributed by atoms with Gasteiger partial charge >= 0.3 is 5.69 Å². The third-order valence-electron chi connectivity index (χ3n) is 4.28. The topological polar surface area (TPSA) is 77.8 Å². The molecule has 0 spiro atoms. The minimum Gasteiger partial charge on any atom is -0.325 e. The molecule has 1 heterocycles. The van der Waals surface area contributed by atoms with Gasteiger partial charge in [-0.05, 0) is 36.6 Å². The number of amides is 1. The van der Waals surface area contributed by atoms with E-state index in [0.717, 1.165) is 23.9 Å². The lowest BCUT2D eigenvalue weighted by atomic mass is 9.95. The molecule has 110 valence electrons. The molecule has 5 heteroatoms. The van der Waals surface area contributed by atoms with E-state index in [2.05, 4.69) is 15.3 Å². The van der Waals surface area contributed by atoms with Gasteiger partial charge in [-0.1, -0.05) is 30.3 Å². The van der Waals surface area contributed by atoms with E-state index < -0.39 is 5.41 Å². The van der Waals surface area contributed by atoms with E-state index in [9.17, 15) is 9.59 Å². The largest absolute Gasteiger partial charge is 0.325 e. The van der Waals surface area contributed by atoms with Gasteiger partial charge in [-0.3, -0.25) is 4.79 Å². The summed E-state index contributed by atoms with van der Waals surface area (Å²) < 4.78 is 0. The molecule has 4 rings (SSSR count). The number of anilines is 1. The number of hydrogen-bond acceptors (Lipinski definition) is 2. The second-order valence-electron chi connectivity index (χ2n) is 5.74. The average molecular weight is 293 g/mol. The number of carbonyl (C=O) groups is 1. The highest BCUT2D eigenvalue weighted by molar-refractivity contribution is 6.02. The number of fused-ring (bicyclic) bond motifs is 1. The molecule has 0 atom stereocenters. The van der Waals surface area contributed by atoms with Crippen LogP contribution < -0.4 is 11.0 Å². The van der Waals surface area contributed by atoms with Crippen molar-refractivity contribution in [2.24, 2.45) is 0 Å². The molecule has 5 nitrogen and oxygen atoms in total. The molecule has 3 aromatic rings. The number of aromatic nitrogens is 2. The first kappa shape index (κ1) is 12.9. The Morgan fingerprint density at radius 3 is 2.45 bits per heavy atom. The Labute approximate surface area is 126 Å². The fraction of sp³-hybridized carbons (Fsp3) is 0.176. The van der Waals surface area contributed by atoms with Crippen LogP contribution in [0.1, 0.15) is 18.4 Å². The number of nitrogens with one attached hydrogen (secondary N) is 3. The second-order valence-corrected chi connectivity index (χ2v) is 5.74. The molecule has 1 saturated carbocycles. The van der Waals surface area contributed by atoms with E-state index in [0.29, 0.717) is 11.2 Å². The van der Waals surface area contributed by atoms with Crippen molar-refractivity contribution < 1.29 is 4.79 Å². The smallest absolute Gasteiger partial charge is 0.323 e. The average Bonchev–Trinajstić information content (AvgIpc) is 3.25. The summed E-state index contributed by atoms with van der Waals surface area (Å²) in [6.07, 6.45) is 1.73. The summed E-state index contributed by atoms with van der Waals surface area (Å²) in [6, 6.07) is 15.2. The third-order valence-corrected chi connectivity index (χ3v) is 4.28. The van der Waals surface area contributed by atoms with Crippen molar-refractivity contribution >= 4 is 22.6 Å². The highest BCUT2D eigenvalue weighted by atomic mass is 16.2. The summed E-state index contributed by atoms with van der Waals surface area (Å²) in [5, 5.41) is 2.97. The van der Waals surface area contributed by atoms with E-state index in [4.69, 9.17) is 0 Å². The molecular weight excluding hydrogens is 278 g/mol. The Morgan fingerprint density at radius 2 is 1.73 bits per heavy atom. The van der Waals surface area contributed by atoms with Crippen LogP contribution in [0.25, 0.3) is 11.0 Å². The third kappa shape index (κ3) is 2.02. The monoisotopic (exact) mass is 293 g/mol. The van der Waals surface area contributed by atoms with E-state index in [1.54, 1.807) is 18.2 Å². The van der Waals surface area contributed by atoms with Crippen LogP contribution in [0, 0.1) is 0 Å². The Bertz CT molecular complexity index is 904. The van der Waals surface area contributed by atoms with Gasteiger partial charge in [0.2, 0.25) is 5.91 Å². The highest BCUT2D eigenvalue weighted by Crippen LogP contribution is 2.48. The maximum absolute atomic E-state index is 12.6. The molecule has 1 aliphatic carbocycles. The molecule has 0 bridgehead atoms. The van der Waals surface area contributed by atoms with Crippen molar-refractivity contribution in [2.75, 3.05) is 5.32 Å². The number of carbonyl (C=O) groups excluding carboxylic acids is 1. The van der Waals surface area contributed by atoms with E-state index >= 15 is 0 Å². The van der Waals surface area contributed by atoms with Crippen LogP contribution in [0.3, 0.4) is 0 Å². The Morgan fingerprint density at radius 1 is 1.00 bits per heavy atom. The Balaban J connectivity index is 1.62. The molecule has 1 amide bonds. The zero-order chi connectivity index (χ0) is 15.2. The zero-order valence-electron chi connectivity index (χ0n) is 11.8. The SMILES string of the molecule is O=C(Nc1ccc2[nH]c(=O)[nH]c2c1)C1(c2ccccc2)CC1. The number of H-pyrrole nitrogens is 2. The predicted octanol–water partition coefficient (Wildman–Crippen LogP) is 2.53. The molecule has 1 fully saturated rings. The van der Waals surface area contributed by atoms with E-state index in [-0.39, 0.29) is 11.6 Å².